The Hall–Kier alpha value is -1.83. The number of ether oxygens (including phenoxy) is 1. The summed E-state index contributed by atoms with van der Waals surface area (Å²) in [5.74, 6) is 0. The van der Waals surface area contributed by atoms with E-state index in [2.05, 4.69) is 10.3 Å². The summed E-state index contributed by atoms with van der Waals surface area (Å²) in [5, 5.41) is 1.56. The Balaban J connectivity index is 2.21. The Morgan fingerprint density at radius 3 is 2.52 bits per heavy atom. The number of hydrogen-bond donors (Lipinski definition) is 1. The third-order valence-electron chi connectivity index (χ3n) is 2.28. The molecule has 0 radical (unpaired) electrons. The number of fused-ring (bicyclic) bond motifs is 1. The first-order valence-corrected chi connectivity index (χ1v) is 6.84. The first kappa shape index (κ1) is 15.6. The topological polar surface area (TPSA) is 51.2 Å². The minimum absolute atomic E-state index is 0.238. The maximum Gasteiger partial charge on any atom is 0.443 e. The molecule has 0 aliphatic rings. The van der Waals surface area contributed by atoms with Crippen molar-refractivity contribution in [3.8, 4) is 0 Å². The van der Waals surface area contributed by atoms with Crippen LogP contribution in [0.25, 0.3) is 10.2 Å². The van der Waals surface area contributed by atoms with Gasteiger partial charge in [-0.2, -0.15) is 13.2 Å². The largest absolute Gasteiger partial charge is 0.444 e. The van der Waals surface area contributed by atoms with E-state index in [0.717, 1.165) is 0 Å². The molecule has 21 heavy (non-hydrogen) atoms. The van der Waals surface area contributed by atoms with Gasteiger partial charge in [0.25, 0.3) is 0 Å². The molecular weight excluding hydrogens is 305 g/mol. The average Bonchev–Trinajstić information content (AvgIpc) is 2.68. The molecule has 0 aliphatic heterocycles. The summed E-state index contributed by atoms with van der Waals surface area (Å²) in [4.78, 5) is 15.1. The van der Waals surface area contributed by atoms with E-state index in [1.807, 2.05) is 0 Å². The van der Waals surface area contributed by atoms with E-state index < -0.39 is 22.9 Å². The van der Waals surface area contributed by atoms with E-state index in [1.54, 1.807) is 20.8 Å². The van der Waals surface area contributed by atoms with Gasteiger partial charge in [0, 0.05) is 5.69 Å². The fourth-order valence-corrected chi connectivity index (χ4v) is 2.42. The smallest absolute Gasteiger partial charge is 0.443 e. The lowest BCUT2D eigenvalue weighted by molar-refractivity contribution is -0.137. The van der Waals surface area contributed by atoms with E-state index in [4.69, 9.17) is 4.74 Å². The molecule has 1 aromatic carbocycles. The van der Waals surface area contributed by atoms with Crippen LogP contribution in [-0.2, 0) is 10.9 Å². The number of amides is 1. The number of benzene rings is 1. The predicted molar refractivity (Wildman–Crippen MR) is 74.5 cm³/mol. The molecule has 8 heteroatoms. The highest BCUT2D eigenvalue weighted by Crippen LogP contribution is 2.36. The van der Waals surface area contributed by atoms with Gasteiger partial charge in [0.1, 0.15) is 5.60 Å². The molecule has 1 amide bonds. The number of carbonyl (C=O) groups excluding carboxylic acids is 1. The minimum atomic E-state index is -4.47. The predicted octanol–water partition coefficient (Wildman–Crippen LogP) is 4.66. The minimum Gasteiger partial charge on any atom is -0.444 e. The van der Waals surface area contributed by atoms with Crippen molar-refractivity contribution in [2.45, 2.75) is 32.5 Å². The van der Waals surface area contributed by atoms with Gasteiger partial charge in [-0.05, 0) is 39.0 Å². The SMILES string of the molecule is CC(C)(C)OC(=O)Nc1ccc2nc(C(F)(F)F)sc2c1. The summed E-state index contributed by atoms with van der Waals surface area (Å²) in [6.07, 6.45) is -5.13. The van der Waals surface area contributed by atoms with Crippen molar-refractivity contribution in [1.29, 1.82) is 0 Å². The van der Waals surface area contributed by atoms with Crippen LogP contribution >= 0.6 is 11.3 Å². The number of alkyl halides is 3. The van der Waals surface area contributed by atoms with Crippen LogP contribution in [0, 0.1) is 0 Å². The number of thiazole rings is 1. The monoisotopic (exact) mass is 318 g/mol. The Morgan fingerprint density at radius 1 is 1.29 bits per heavy atom. The molecule has 0 spiro atoms. The number of nitrogens with zero attached hydrogens (tertiary/aromatic N) is 1. The van der Waals surface area contributed by atoms with Crippen molar-refractivity contribution in [2.24, 2.45) is 0 Å². The zero-order chi connectivity index (χ0) is 15.8. The second kappa shape index (κ2) is 5.18. The molecule has 0 atom stereocenters. The van der Waals surface area contributed by atoms with Crippen LogP contribution < -0.4 is 5.32 Å². The number of anilines is 1. The number of halogens is 3. The van der Waals surface area contributed by atoms with Gasteiger partial charge < -0.3 is 4.74 Å². The molecule has 0 bridgehead atoms. The van der Waals surface area contributed by atoms with E-state index in [1.165, 1.54) is 18.2 Å². The number of carbonyl (C=O) groups is 1. The highest BCUT2D eigenvalue weighted by atomic mass is 32.1. The number of aromatic nitrogens is 1. The molecule has 0 fully saturated rings. The third-order valence-corrected chi connectivity index (χ3v) is 3.34. The van der Waals surface area contributed by atoms with Crippen molar-refractivity contribution in [2.75, 3.05) is 5.32 Å². The van der Waals surface area contributed by atoms with Gasteiger partial charge in [-0.1, -0.05) is 0 Å². The molecule has 0 aliphatic carbocycles. The van der Waals surface area contributed by atoms with E-state index in [0.29, 0.717) is 21.7 Å². The van der Waals surface area contributed by atoms with Crippen LogP contribution in [0.5, 0.6) is 0 Å². The molecule has 0 saturated carbocycles. The fourth-order valence-electron chi connectivity index (χ4n) is 1.55. The second-order valence-corrected chi connectivity index (χ2v) is 6.36. The molecule has 4 nitrogen and oxygen atoms in total. The van der Waals surface area contributed by atoms with Crippen molar-refractivity contribution in [3.05, 3.63) is 23.2 Å². The van der Waals surface area contributed by atoms with Crippen LogP contribution in [0.4, 0.5) is 23.7 Å². The Labute approximate surface area is 122 Å². The molecule has 1 aromatic heterocycles. The van der Waals surface area contributed by atoms with Crippen LogP contribution in [-0.4, -0.2) is 16.7 Å². The van der Waals surface area contributed by atoms with E-state index >= 15 is 0 Å². The molecule has 114 valence electrons. The lowest BCUT2D eigenvalue weighted by Gasteiger charge is -2.19. The number of nitrogens with one attached hydrogen (secondary N) is 1. The average molecular weight is 318 g/mol. The Morgan fingerprint density at radius 2 is 1.95 bits per heavy atom. The zero-order valence-corrected chi connectivity index (χ0v) is 12.4. The van der Waals surface area contributed by atoms with Crippen LogP contribution in [0.3, 0.4) is 0 Å². The van der Waals surface area contributed by atoms with Crippen LogP contribution in [0.2, 0.25) is 0 Å². The normalized spacial score (nSPS) is 12.5. The molecule has 2 rings (SSSR count). The van der Waals surface area contributed by atoms with Crippen LogP contribution in [0.15, 0.2) is 18.2 Å². The molecule has 2 aromatic rings. The van der Waals surface area contributed by atoms with Gasteiger partial charge >= 0.3 is 12.3 Å². The van der Waals surface area contributed by atoms with Crippen LogP contribution in [0.1, 0.15) is 25.8 Å². The lowest BCUT2D eigenvalue weighted by atomic mass is 10.2. The van der Waals surface area contributed by atoms with Crippen molar-refractivity contribution in [1.82, 2.24) is 4.98 Å². The number of rotatable bonds is 1. The fraction of sp³-hybridized carbons (Fsp3) is 0.385. The summed E-state index contributed by atoms with van der Waals surface area (Å²) >= 11 is 0.530. The molecule has 0 saturated heterocycles. The Kier molecular flexibility index (Phi) is 3.83. The maximum absolute atomic E-state index is 12.6. The maximum atomic E-state index is 12.6. The molecular formula is C13H13F3N2O2S. The molecule has 0 unspecified atom stereocenters. The van der Waals surface area contributed by atoms with Gasteiger partial charge in [0.2, 0.25) is 0 Å². The zero-order valence-electron chi connectivity index (χ0n) is 11.5. The standard InChI is InChI=1S/C13H13F3N2O2S/c1-12(2,3)20-11(19)17-7-4-5-8-9(6-7)21-10(18-8)13(14,15)16/h4-6H,1-3H3,(H,17,19). The number of hydrogen-bond acceptors (Lipinski definition) is 4. The summed E-state index contributed by atoms with van der Waals surface area (Å²) in [6, 6.07) is 4.34. The highest BCUT2D eigenvalue weighted by molar-refractivity contribution is 7.18. The van der Waals surface area contributed by atoms with Gasteiger partial charge in [-0.15, -0.1) is 11.3 Å². The summed E-state index contributed by atoms with van der Waals surface area (Å²) in [6.45, 7) is 5.15. The van der Waals surface area contributed by atoms with E-state index in [9.17, 15) is 18.0 Å². The summed E-state index contributed by atoms with van der Waals surface area (Å²) in [7, 11) is 0. The summed E-state index contributed by atoms with van der Waals surface area (Å²) in [5.41, 5.74) is -0.0570. The lowest BCUT2D eigenvalue weighted by Crippen LogP contribution is -2.27. The second-order valence-electron chi connectivity index (χ2n) is 5.33. The van der Waals surface area contributed by atoms with Gasteiger partial charge in [0.05, 0.1) is 10.2 Å². The van der Waals surface area contributed by atoms with Gasteiger partial charge in [-0.25, -0.2) is 9.78 Å². The molecule has 1 N–H and O–H groups in total. The van der Waals surface area contributed by atoms with Crippen molar-refractivity contribution >= 4 is 33.3 Å². The highest BCUT2D eigenvalue weighted by Gasteiger charge is 2.34. The van der Waals surface area contributed by atoms with Crippen molar-refractivity contribution in [3.63, 3.8) is 0 Å². The third kappa shape index (κ3) is 4.07. The first-order chi connectivity index (χ1) is 9.54. The Bertz CT molecular complexity index is 674. The van der Waals surface area contributed by atoms with Gasteiger partial charge in [-0.3, -0.25) is 5.32 Å². The van der Waals surface area contributed by atoms with Crippen molar-refractivity contribution < 1.29 is 22.7 Å². The molecule has 1 heterocycles. The van der Waals surface area contributed by atoms with E-state index in [-0.39, 0.29) is 5.52 Å². The van der Waals surface area contributed by atoms with Gasteiger partial charge in [0.15, 0.2) is 5.01 Å². The quantitative estimate of drug-likeness (QED) is 0.832. The summed E-state index contributed by atoms with van der Waals surface area (Å²) < 4.78 is 43.2. The first-order valence-electron chi connectivity index (χ1n) is 6.02.